The Labute approximate surface area is 167 Å². The van der Waals surface area contributed by atoms with Gasteiger partial charge in [0.1, 0.15) is 0 Å². The molecular weight excluding hydrogens is 354 g/mol. The van der Waals surface area contributed by atoms with Gasteiger partial charge in [-0.1, -0.05) is 0 Å². The van der Waals surface area contributed by atoms with Gasteiger partial charge in [-0.25, -0.2) is 9.97 Å². The minimum Gasteiger partial charge on any atom is -0.381 e. The van der Waals surface area contributed by atoms with Crippen molar-refractivity contribution in [3.05, 3.63) is 17.5 Å². The third-order valence-corrected chi connectivity index (χ3v) is 6.09. The van der Waals surface area contributed by atoms with Gasteiger partial charge >= 0.3 is 0 Å². The van der Waals surface area contributed by atoms with Gasteiger partial charge in [0.15, 0.2) is 0 Å². The third kappa shape index (κ3) is 5.20. The molecule has 0 spiro atoms. The fourth-order valence-corrected chi connectivity index (χ4v) is 4.43. The van der Waals surface area contributed by atoms with Crippen LogP contribution in [0.3, 0.4) is 0 Å². The summed E-state index contributed by atoms with van der Waals surface area (Å²) in [4.78, 5) is 24.4. The monoisotopic (exact) mass is 387 g/mol. The third-order valence-electron chi connectivity index (χ3n) is 6.09. The summed E-state index contributed by atoms with van der Waals surface area (Å²) in [5.74, 6) is 1.01. The van der Waals surface area contributed by atoms with Crippen molar-refractivity contribution >= 4 is 11.9 Å². The Balaban J connectivity index is 1.46. The smallest absolute Gasteiger partial charge is 0.224 e. The Morgan fingerprint density at radius 3 is 2.36 bits per heavy atom. The van der Waals surface area contributed by atoms with E-state index in [9.17, 15) is 4.79 Å². The molecule has 2 atom stereocenters. The van der Waals surface area contributed by atoms with Gasteiger partial charge in [0.2, 0.25) is 11.9 Å². The van der Waals surface area contributed by atoms with Crippen molar-refractivity contribution in [3.63, 3.8) is 0 Å². The lowest BCUT2D eigenvalue weighted by Gasteiger charge is -2.36. The van der Waals surface area contributed by atoms with Crippen LogP contribution in [-0.4, -0.2) is 65.2 Å². The van der Waals surface area contributed by atoms with Crippen molar-refractivity contribution in [3.8, 4) is 0 Å². The molecule has 1 saturated carbocycles. The molecule has 154 valence electrons. The van der Waals surface area contributed by atoms with Crippen LogP contribution in [0.15, 0.2) is 6.07 Å². The molecule has 1 aromatic heterocycles. The summed E-state index contributed by atoms with van der Waals surface area (Å²) in [6, 6.07) is 3.16. The number of ether oxygens (including phenoxy) is 1. The first-order chi connectivity index (χ1) is 13.6. The second-order valence-electron chi connectivity index (χ2n) is 8.67. The van der Waals surface area contributed by atoms with Crippen LogP contribution in [-0.2, 0) is 9.53 Å². The van der Waals surface area contributed by atoms with Crippen molar-refractivity contribution in [2.45, 2.75) is 70.5 Å². The molecule has 2 aliphatic heterocycles. The minimum absolute atomic E-state index is 0.0652. The highest BCUT2D eigenvalue weighted by Crippen LogP contribution is 2.26. The van der Waals surface area contributed by atoms with Gasteiger partial charge in [0.25, 0.3) is 0 Å². The molecule has 28 heavy (non-hydrogen) atoms. The molecule has 0 unspecified atom stereocenters. The summed E-state index contributed by atoms with van der Waals surface area (Å²) in [7, 11) is 0. The van der Waals surface area contributed by atoms with E-state index in [-0.39, 0.29) is 17.9 Å². The van der Waals surface area contributed by atoms with Crippen LogP contribution < -0.4 is 10.6 Å². The molecule has 3 fully saturated rings. The molecular formula is C21H33N5O2. The van der Waals surface area contributed by atoms with Gasteiger partial charge in [-0.15, -0.1) is 0 Å². The van der Waals surface area contributed by atoms with Crippen LogP contribution in [0.25, 0.3) is 0 Å². The molecule has 3 aliphatic rings. The molecule has 3 heterocycles. The highest BCUT2D eigenvalue weighted by molar-refractivity contribution is 5.79. The zero-order valence-corrected chi connectivity index (χ0v) is 17.1. The lowest BCUT2D eigenvalue weighted by molar-refractivity contribution is -0.126. The fraction of sp³-hybridized carbons (Fsp3) is 0.762. The molecule has 1 aliphatic carbocycles. The predicted molar refractivity (Wildman–Crippen MR) is 108 cm³/mol. The van der Waals surface area contributed by atoms with Crippen LogP contribution in [0, 0.1) is 19.8 Å². The predicted octanol–water partition coefficient (Wildman–Crippen LogP) is 2.04. The molecule has 1 aromatic rings. The number of aromatic nitrogens is 2. The molecule has 1 amide bonds. The number of nitrogens with zero attached hydrogens (tertiary/aromatic N) is 3. The number of aryl methyl sites for hydroxylation is 2. The van der Waals surface area contributed by atoms with Crippen LogP contribution >= 0.6 is 0 Å². The van der Waals surface area contributed by atoms with E-state index in [0.29, 0.717) is 18.0 Å². The van der Waals surface area contributed by atoms with Gasteiger partial charge in [-0.3, -0.25) is 9.69 Å². The summed E-state index contributed by atoms with van der Waals surface area (Å²) < 4.78 is 5.56. The first kappa shape index (κ1) is 19.6. The normalized spacial score (nSPS) is 27.2. The Bertz CT molecular complexity index is 667. The molecule has 4 rings (SSSR count). The van der Waals surface area contributed by atoms with Gasteiger partial charge in [0.05, 0.1) is 5.92 Å². The average Bonchev–Trinajstić information content (AvgIpc) is 3.48. The minimum atomic E-state index is 0.0652. The van der Waals surface area contributed by atoms with Crippen molar-refractivity contribution < 1.29 is 9.53 Å². The number of amides is 1. The van der Waals surface area contributed by atoms with Crippen molar-refractivity contribution in [1.29, 1.82) is 0 Å². The lowest BCUT2D eigenvalue weighted by atomic mass is 10.00. The molecule has 0 aromatic carbocycles. The Morgan fingerprint density at radius 1 is 1.00 bits per heavy atom. The maximum atomic E-state index is 12.8. The number of carbonyl (C=O) groups is 1. The van der Waals surface area contributed by atoms with Crippen molar-refractivity contribution in [2.75, 3.05) is 31.6 Å². The zero-order chi connectivity index (χ0) is 19.5. The summed E-state index contributed by atoms with van der Waals surface area (Å²) in [6.45, 7) is 7.40. The quantitative estimate of drug-likeness (QED) is 0.805. The van der Waals surface area contributed by atoms with Crippen LogP contribution in [0.1, 0.15) is 49.9 Å². The lowest BCUT2D eigenvalue weighted by Crippen LogP contribution is -2.47. The molecule has 0 bridgehead atoms. The highest BCUT2D eigenvalue weighted by atomic mass is 16.5. The second kappa shape index (κ2) is 8.74. The number of rotatable bonds is 5. The molecule has 7 heteroatoms. The van der Waals surface area contributed by atoms with Gasteiger partial charge in [-0.05, 0) is 58.4 Å². The summed E-state index contributed by atoms with van der Waals surface area (Å²) in [5, 5.41) is 6.78. The number of hydrogen-bond donors (Lipinski definition) is 2. The molecule has 2 saturated heterocycles. The van der Waals surface area contributed by atoms with Gasteiger partial charge in [-0.2, -0.15) is 0 Å². The van der Waals surface area contributed by atoms with E-state index in [1.54, 1.807) is 0 Å². The Hall–Kier alpha value is -1.73. The largest absolute Gasteiger partial charge is 0.381 e. The molecule has 2 N–H and O–H groups in total. The first-order valence-electron chi connectivity index (χ1n) is 10.8. The van der Waals surface area contributed by atoms with Crippen LogP contribution in [0.2, 0.25) is 0 Å². The van der Waals surface area contributed by atoms with E-state index in [1.807, 2.05) is 19.9 Å². The van der Waals surface area contributed by atoms with Crippen molar-refractivity contribution in [1.82, 2.24) is 20.2 Å². The van der Waals surface area contributed by atoms with E-state index < -0.39 is 0 Å². The second-order valence-corrected chi connectivity index (χ2v) is 8.67. The van der Waals surface area contributed by atoms with Crippen molar-refractivity contribution in [2.24, 2.45) is 5.92 Å². The average molecular weight is 388 g/mol. The maximum absolute atomic E-state index is 12.8. The fourth-order valence-electron chi connectivity index (χ4n) is 4.43. The first-order valence-corrected chi connectivity index (χ1v) is 10.8. The van der Waals surface area contributed by atoms with E-state index in [4.69, 9.17) is 4.74 Å². The van der Waals surface area contributed by atoms with E-state index in [0.717, 1.165) is 76.2 Å². The number of nitrogens with one attached hydrogen (secondary N) is 2. The van der Waals surface area contributed by atoms with Gasteiger partial charge in [0, 0.05) is 55.8 Å². The standard InChI is InChI=1S/C21H33N5O2/c1-14-11-15(2)23-21(22-14)25-18-4-3-16(20(27)24-17-5-6-17)12-26(13-18)19-7-9-28-10-8-19/h11,16-19H,3-10,12-13H2,1-2H3,(H,24,27)(H,22,23,25)/t16-,18+/m1/s1. The Kier molecular flexibility index (Phi) is 6.11. The Morgan fingerprint density at radius 2 is 1.68 bits per heavy atom. The van der Waals surface area contributed by atoms with E-state index >= 15 is 0 Å². The highest BCUT2D eigenvalue weighted by Gasteiger charge is 2.34. The number of anilines is 1. The van der Waals surface area contributed by atoms with E-state index in [2.05, 4.69) is 25.5 Å². The van der Waals surface area contributed by atoms with Crippen LogP contribution in [0.4, 0.5) is 5.95 Å². The number of likely N-dealkylation sites (tertiary alicyclic amines) is 1. The summed E-state index contributed by atoms with van der Waals surface area (Å²) in [5.41, 5.74) is 1.96. The topological polar surface area (TPSA) is 79.4 Å². The van der Waals surface area contributed by atoms with Gasteiger partial charge < -0.3 is 15.4 Å². The summed E-state index contributed by atoms with van der Waals surface area (Å²) >= 11 is 0. The SMILES string of the molecule is Cc1cc(C)nc(N[C@H]2CC[C@@H](C(=O)NC3CC3)CN(C3CCOCC3)C2)n1. The van der Waals surface area contributed by atoms with E-state index in [1.165, 1.54) is 0 Å². The number of carbonyl (C=O) groups excluding carboxylic acids is 1. The van der Waals surface area contributed by atoms with Crippen LogP contribution in [0.5, 0.6) is 0 Å². The maximum Gasteiger partial charge on any atom is 0.224 e. The molecule has 7 nitrogen and oxygen atoms in total. The zero-order valence-electron chi connectivity index (χ0n) is 17.1. The molecule has 0 radical (unpaired) electrons. The number of hydrogen-bond acceptors (Lipinski definition) is 6. The summed E-state index contributed by atoms with van der Waals surface area (Å²) in [6.07, 6.45) is 6.22.